The van der Waals surface area contributed by atoms with E-state index in [9.17, 15) is 0 Å². The fourth-order valence-electron chi connectivity index (χ4n) is 1.89. The van der Waals surface area contributed by atoms with Crippen LogP contribution in [-0.4, -0.2) is 25.7 Å². The summed E-state index contributed by atoms with van der Waals surface area (Å²) >= 11 is 0. The molecule has 120 valence electrons. The molecular weight excluding hydrogens is 409 g/mol. The van der Waals surface area contributed by atoms with Gasteiger partial charge in [-0.25, -0.2) is 19.6 Å². The smallest absolute Gasteiger partial charge is 0.189 e. The minimum absolute atomic E-state index is 0. The summed E-state index contributed by atoms with van der Waals surface area (Å²) in [7, 11) is 0. The summed E-state index contributed by atoms with van der Waals surface area (Å²) < 4.78 is 6.81. The van der Waals surface area contributed by atoms with Crippen molar-refractivity contribution < 1.29 is 4.42 Å². The Kier molecular flexibility index (Phi) is 6.09. The zero-order valence-corrected chi connectivity index (χ0v) is 14.5. The number of hydrogen-bond acceptors (Lipinski definition) is 5. The van der Waals surface area contributed by atoms with Gasteiger partial charge in [0.05, 0.1) is 19.4 Å². The molecule has 9 heteroatoms. The number of rotatable bonds is 5. The molecule has 0 unspecified atom stereocenters. The third-order valence-electron chi connectivity index (χ3n) is 2.95. The van der Waals surface area contributed by atoms with Crippen molar-refractivity contribution in [3.05, 3.63) is 60.7 Å². The summed E-state index contributed by atoms with van der Waals surface area (Å²) in [6.07, 6.45) is 6.36. The lowest BCUT2D eigenvalue weighted by molar-refractivity contribution is 0.502. The summed E-state index contributed by atoms with van der Waals surface area (Å²) in [6, 6.07) is 7.46. The van der Waals surface area contributed by atoms with Gasteiger partial charge in [-0.15, -0.1) is 24.0 Å². The van der Waals surface area contributed by atoms with E-state index in [-0.39, 0.29) is 24.0 Å². The van der Waals surface area contributed by atoms with Crippen LogP contribution in [0.15, 0.2) is 58.8 Å². The molecule has 0 spiro atoms. The molecule has 0 aliphatic carbocycles. The van der Waals surface area contributed by atoms with Crippen molar-refractivity contribution in [2.75, 3.05) is 0 Å². The maximum atomic E-state index is 5.85. The molecule has 0 aliphatic heterocycles. The molecular formula is C14H16IN7O. The van der Waals surface area contributed by atoms with E-state index < -0.39 is 0 Å². The number of nitrogens with two attached hydrogens (primary N) is 1. The Morgan fingerprint density at radius 1 is 1.35 bits per heavy atom. The number of hydrogen-bond donors (Lipinski definition) is 2. The largest absolute Gasteiger partial charge is 0.467 e. The van der Waals surface area contributed by atoms with Gasteiger partial charge >= 0.3 is 0 Å². The predicted octanol–water partition coefficient (Wildman–Crippen LogP) is 1.48. The lowest BCUT2D eigenvalue weighted by Crippen LogP contribution is -2.31. The van der Waals surface area contributed by atoms with Crippen LogP contribution in [0.3, 0.4) is 0 Å². The highest BCUT2D eigenvalue weighted by molar-refractivity contribution is 14.0. The van der Waals surface area contributed by atoms with E-state index >= 15 is 0 Å². The Balaban J connectivity index is 0.00000192. The van der Waals surface area contributed by atoms with Gasteiger partial charge in [-0.2, -0.15) is 5.10 Å². The zero-order valence-electron chi connectivity index (χ0n) is 12.2. The number of halogens is 1. The first-order valence-electron chi connectivity index (χ1n) is 6.68. The van der Waals surface area contributed by atoms with Gasteiger partial charge < -0.3 is 15.5 Å². The van der Waals surface area contributed by atoms with E-state index in [1.807, 2.05) is 24.3 Å². The Morgan fingerprint density at radius 3 is 3.00 bits per heavy atom. The first-order chi connectivity index (χ1) is 10.8. The highest BCUT2D eigenvalue weighted by Gasteiger charge is 2.06. The Hall–Kier alpha value is -2.43. The van der Waals surface area contributed by atoms with Gasteiger partial charge in [0.1, 0.15) is 18.4 Å². The fourth-order valence-corrected chi connectivity index (χ4v) is 1.89. The number of nitrogens with one attached hydrogen (secondary N) is 1. The maximum Gasteiger partial charge on any atom is 0.189 e. The highest BCUT2D eigenvalue weighted by Crippen LogP contribution is 2.10. The Bertz CT molecular complexity index is 740. The average Bonchev–Trinajstić information content (AvgIpc) is 3.24. The van der Waals surface area contributed by atoms with Gasteiger partial charge in [0.15, 0.2) is 11.8 Å². The lowest BCUT2D eigenvalue weighted by Gasteiger charge is -2.07. The molecule has 23 heavy (non-hydrogen) atoms. The van der Waals surface area contributed by atoms with Crippen LogP contribution in [0.5, 0.6) is 0 Å². The molecule has 0 aliphatic rings. The van der Waals surface area contributed by atoms with Gasteiger partial charge in [0, 0.05) is 11.8 Å². The third kappa shape index (κ3) is 4.52. The van der Waals surface area contributed by atoms with Crippen LogP contribution in [0.2, 0.25) is 0 Å². The quantitative estimate of drug-likeness (QED) is 0.364. The van der Waals surface area contributed by atoms with Crippen LogP contribution < -0.4 is 11.1 Å². The van der Waals surface area contributed by atoms with Crippen molar-refractivity contribution in [1.82, 2.24) is 25.1 Å². The molecule has 3 rings (SSSR count). The molecule has 3 N–H and O–H groups in total. The first-order valence-corrected chi connectivity index (χ1v) is 6.68. The summed E-state index contributed by atoms with van der Waals surface area (Å²) in [6.45, 7) is 0.880. The number of aliphatic imine (C=N–C) groups is 1. The molecule has 0 saturated heterocycles. The van der Waals surface area contributed by atoms with Crippen LogP contribution in [0.25, 0.3) is 5.82 Å². The van der Waals surface area contributed by atoms with E-state index in [1.54, 1.807) is 23.5 Å². The van der Waals surface area contributed by atoms with Crippen molar-refractivity contribution >= 4 is 29.9 Å². The standard InChI is InChI=1S/C14H15N7O.HI/c15-14(19-8-12-4-2-6-22-12)18-7-11-3-1-5-17-13(11)21-10-16-9-20-21;/h1-6,9-10H,7-8H2,(H3,15,18,19);1H. The second-order valence-electron chi connectivity index (χ2n) is 4.46. The summed E-state index contributed by atoms with van der Waals surface area (Å²) in [4.78, 5) is 12.5. The molecule has 0 aromatic carbocycles. The first kappa shape index (κ1) is 16.9. The van der Waals surface area contributed by atoms with Crippen LogP contribution in [-0.2, 0) is 13.1 Å². The average molecular weight is 425 g/mol. The highest BCUT2D eigenvalue weighted by atomic mass is 127. The van der Waals surface area contributed by atoms with Crippen molar-refractivity contribution in [3.63, 3.8) is 0 Å². The normalized spacial score (nSPS) is 11.0. The number of nitrogens with zero attached hydrogens (tertiary/aromatic N) is 5. The molecule has 0 fully saturated rings. The van der Waals surface area contributed by atoms with Crippen molar-refractivity contribution in [3.8, 4) is 5.82 Å². The molecule has 0 saturated carbocycles. The number of aromatic nitrogens is 4. The molecule has 3 aromatic rings. The van der Waals surface area contributed by atoms with E-state index in [0.29, 0.717) is 24.9 Å². The summed E-state index contributed by atoms with van der Waals surface area (Å²) in [5.74, 6) is 1.82. The van der Waals surface area contributed by atoms with E-state index in [1.165, 1.54) is 6.33 Å². The molecule has 3 aromatic heterocycles. The van der Waals surface area contributed by atoms with Gasteiger partial charge in [-0.1, -0.05) is 6.07 Å². The van der Waals surface area contributed by atoms with E-state index in [0.717, 1.165) is 11.3 Å². The fraction of sp³-hybridized carbons (Fsp3) is 0.143. The van der Waals surface area contributed by atoms with Crippen LogP contribution >= 0.6 is 24.0 Å². The van der Waals surface area contributed by atoms with Gasteiger partial charge in [-0.05, 0) is 18.2 Å². The van der Waals surface area contributed by atoms with Crippen LogP contribution in [0.1, 0.15) is 11.3 Å². The molecule has 0 atom stereocenters. The second-order valence-corrected chi connectivity index (χ2v) is 4.46. The lowest BCUT2D eigenvalue weighted by atomic mass is 10.2. The molecule has 8 nitrogen and oxygen atoms in total. The Labute approximate surface area is 149 Å². The molecule has 3 heterocycles. The minimum Gasteiger partial charge on any atom is -0.467 e. The topological polar surface area (TPSA) is 107 Å². The number of furan rings is 1. The van der Waals surface area contributed by atoms with Crippen molar-refractivity contribution in [2.24, 2.45) is 10.7 Å². The third-order valence-corrected chi connectivity index (χ3v) is 2.95. The van der Waals surface area contributed by atoms with Crippen molar-refractivity contribution in [1.29, 1.82) is 0 Å². The zero-order chi connectivity index (χ0) is 15.2. The van der Waals surface area contributed by atoms with Gasteiger partial charge in [0.25, 0.3) is 0 Å². The van der Waals surface area contributed by atoms with E-state index in [4.69, 9.17) is 10.2 Å². The van der Waals surface area contributed by atoms with Crippen LogP contribution in [0, 0.1) is 0 Å². The molecule has 0 radical (unpaired) electrons. The Morgan fingerprint density at radius 2 is 2.26 bits per heavy atom. The molecule has 0 amide bonds. The molecule has 0 bridgehead atoms. The van der Waals surface area contributed by atoms with Gasteiger partial charge in [-0.3, -0.25) is 0 Å². The second kappa shape index (κ2) is 8.27. The minimum atomic E-state index is 0. The number of guanidine groups is 1. The van der Waals surface area contributed by atoms with Crippen LogP contribution in [0.4, 0.5) is 0 Å². The van der Waals surface area contributed by atoms with Gasteiger partial charge in [0.2, 0.25) is 0 Å². The van der Waals surface area contributed by atoms with Crippen molar-refractivity contribution in [2.45, 2.75) is 13.1 Å². The summed E-state index contributed by atoms with van der Waals surface area (Å²) in [5, 5.41) is 7.07. The summed E-state index contributed by atoms with van der Waals surface area (Å²) in [5.41, 5.74) is 6.75. The maximum absolute atomic E-state index is 5.85. The number of pyridine rings is 1. The predicted molar refractivity (Wildman–Crippen MR) is 95.4 cm³/mol. The monoisotopic (exact) mass is 425 g/mol. The van der Waals surface area contributed by atoms with E-state index in [2.05, 4.69) is 25.4 Å². The SMILES string of the molecule is I.NC(=NCc1cccnc1-n1cncn1)NCc1ccco1.